The zero-order valence-electron chi connectivity index (χ0n) is 13.7. The quantitative estimate of drug-likeness (QED) is 0.811. The number of aromatic nitrogens is 5. The summed E-state index contributed by atoms with van der Waals surface area (Å²) in [4.78, 5) is 23.0. The summed E-state index contributed by atoms with van der Waals surface area (Å²) in [5.41, 5.74) is 0. The first-order valence-electron chi connectivity index (χ1n) is 8.51. The van der Waals surface area contributed by atoms with Crippen molar-refractivity contribution in [1.82, 2.24) is 35.5 Å². The van der Waals surface area contributed by atoms with Crippen molar-refractivity contribution in [3.8, 4) is 0 Å². The number of aromatic amines is 1. The zero-order valence-corrected chi connectivity index (χ0v) is 13.7. The van der Waals surface area contributed by atoms with Gasteiger partial charge in [0.05, 0.1) is 12.6 Å². The first kappa shape index (κ1) is 15.3. The van der Waals surface area contributed by atoms with Crippen LogP contribution in [0.3, 0.4) is 0 Å². The highest BCUT2D eigenvalue weighted by Gasteiger charge is 2.33. The smallest absolute Gasteiger partial charge is 0.292 e. The van der Waals surface area contributed by atoms with Crippen LogP contribution in [0, 0.1) is 0 Å². The third kappa shape index (κ3) is 3.16. The Morgan fingerprint density at radius 3 is 3.00 bits per heavy atom. The second-order valence-electron chi connectivity index (χ2n) is 6.38. The fraction of sp³-hybridized carbons (Fsp3) is 0.667. The van der Waals surface area contributed by atoms with Gasteiger partial charge in [-0.3, -0.25) is 14.8 Å². The second-order valence-corrected chi connectivity index (χ2v) is 6.38. The lowest BCUT2D eigenvalue weighted by Crippen LogP contribution is -2.27. The molecular formula is C15H21N7O2. The van der Waals surface area contributed by atoms with Crippen molar-refractivity contribution >= 4 is 5.91 Å². The number of amides is 1. The van der Waals surface area contributed by atoms with Crippen molar-refractivity contribution in [3.05, 3.63) is 23.4 Å². The van der Waals surface area contributed by atoms with Crippen LogP contribution in [0.4, 0.5) is 0 Å². The molecule has 9 heteroatoms. The summed E-state index contributed by atoms with van der Waals surface area (Å²) in [7, 11) is 0. The van der Waals surface area contributed by atoms with Gasteiger partial charge in [0.2, 0.25) is 5.89 Å². The Kier molecular flexibility index (Phi) is 4.01. The molecule has 1 saturated heterocycles. The Morgan fingerprint density at radius 2 is 2.25 bits per heavy atom. The van der Waals surface area contributed by atoms with Crippen LogP contribution in [0.1, 0.15) is 66.8 Å². The van der Waals surface area contributed by atoms with E-state index < -0.39 is 0 Å². The van der Waals surface area contributed by atoms with E-state index in [1.54, 1.807) is 0 Å². The van der Waals surface area contributed by atoms with Gasteiger partial charge in [-0.1, -0.05) is 12.1 Å². The molecule has 2 aromatic heterocycles. The third-order valence-electron chi connectivity index (χ3n) is 4.45. The van der Waals surface area contributed by atoms with Crippen LogP contribution in [-0.4, -0.2) is 48.7 Å². The Hall–Kier alpha value is -2.29. The fourth-order valence-electron chi connectivity index (χ4n) is 2.99. The molecule has 2 aromatic rings. The van der Waals surface area contributed by atoms with Gasteiger partial charge in [-0.2, -0.15) is 10.1 Å². The van der Waals surface area contributed by atoms with E-state index in [0.29, 0.717) is 12.4 Å². The van der Waals surface area contributed by atoms with Gasteiger partial charge in [0.15, 0.2) is 0 Å². The first-order chi connectivity index (χ1) is 11.7. The number of aryl methyl sites for hydroxylation is 1. The average molecular weight is 331 g/mol. The minimum Gasteiger partial charge on any atom is -0.346 e. The topological polar surface area (TPSA) is 113 Å². The molecule has 2 fully saturated rings. The van der Waals surface area contributed by atoms with Gasteiger partial charge >= 0.3 is 0 Å². The monoisotopic (exact) mass is 331 g/mol. The van der Waals surface area contributed by atoms with Gasteiger partial charge in [-0.05, 0) is 32.2 Å². The molecule has 0 aromatic carbocycles. The Labute approximate surface area is 139 Å². The molecule has 2 N–H and O–H groups in total. The summed E-state index contributed by atoms with van der Waals surface area (Å²) in [5, 5.41) is 13.9. The molecule has 0 bridgehead atoms. The van der Waals surface area contributed by atoms with Crippen molar-refractivity contribution in [2.24, 2.45) is 0 Å². The summed E-state index contributed by atoms with van der Waals surface area (Å²) < 4.78 is 5.36. The van der Waals surface area contributed by atoms with E-state index in [4.69, 9.17) is 4.52 Å². The predicted octanol–water partition coefficient (Wildman–Crippen LogP) is 0.979. The van der Waals surface area contributed by atoms with Crippen LogP contribution in [-0.2, 0) is 13.0 Å². The molecule has 1 atom stereocenters. The molecule has 1 amide bonds. The van der Waals surface area contributed by atoms with Crippen LogP contribution in [0.2, 0.25) is 0 Å². The van der Waals surface area contributed by atoms with E-state index in [9.17, 15) is 4.79 Å². The number of likely N-dealkylation sites (tertiary alicyclic amines) is 1. The highest BCUT2D eigenvalue weighted by atomic mass is 16.5. The van der Waals surface area contributed by atoms with Crippen molar-refractivity contribution in [2.45, 2.75) is 57.7 Å². The van der Waals surface area contributed by atoms with Crippen molar-refractivity contribution in [1.29, 1.82) is 0 Å². The second kappa shape index (κ2) is 6.31. The van der Waals surface area contributed by atoms with Crippen molar-refractivity contribution in [2.75, 3.05) is 6.54 Å². The van der Waals surface area contributed by atoms with Crippen molar-refractivity contribution < 1.29 is 9.32 Å². The number of H-pyrrole nitrogens is 1. The third-order valence-corrected chi connectivity index (χ3v) is 4.45. The van der Waals surface area contributed by atoms with Gasteiger partial charge in [0.1, 0.15) is 11.6 Å². The van der Waals surface area contributed by atoms with Gasteiger partial charge in [-0.15, -0.1) is 0 Å². The number of carbonyl (C=O) groups excluding carboxylic acids is 1. The summed E-state index contributed by atoms with van der Waals surface area (Å²) >= 11 is 0. The lowest BCUT2D eigenvalue weighted by atomic mass is 10.2. The molecule has 2 aliphatic rings. The minimum atomic E-state index is -0.250. The Balaban J connectivity index is 1.44. The van der Waals surface area contributed by atoms with E-state index in [1.807, 2.05) is 6.92 Å². The van der Waals surface area contributed by atoms with Crippen LogP contribution in [0.25, 0.3) is 0 Å². The van der Waals surface area contributed by atoms with Gasteiger partial charge in [0, 0.05) is 12.5 Å². The molecule has 24 heavy (non-hydrogen) atoms. The molecule has 9 nitrogen and oxygen atoms in total. The predicted molar refractivity (Wildman–Crippen MR) is 82.9 cm³/mol. The fourth-order valence-corrected chi connectivity index (χ4v) is 2.99. The van der Waals surface area contributed by atoms with Crippen LogP contribution < -0.4 is 5.32 Å². The van der Waals surface area contributed by atoms with E-state index >= 15 is 0 Å². The van der Waals surface area contributed by atoms with E-state index in [0.717, 1.165) is 50.3 Å². The molecule has 1 aliphatic heterocycles. The van der Waals surface area contributed by atoms with Crippen LogP contribution in [0.15, 0.2) is 4.52 Å². The number of hydrogen-bond donors (Lipinski definition) is 2. The van der Waals surface area contributed by atoms with Crippen LogP contribution in [0.5, 0.6) is 0 Å². The maximum Gasteiger partial charge on any atom is 0.292 e. The highest BCUT2D eigenvalue weighted by molar-refractivity contribution is 5.90. The molecule has 1 unspecified atom stereocenters. The molecule has 128 valence electrons. The number of carbonyl (C=O) groups is 1. The molecular weight excluding hydrogens is 310 g/mol. The average Bonchev–Trinajstić information content (AvgIpc) is 3.01. The van der Waals surface area contributed by atoms with E-state index in [2.05, 4.69) is 35.5 Å². The summed E-state index contributed by atoms with van der Waals surface area (Å²) in [6.45, 7) is 3.61. The first-order valence-corrected chi connectivity index (χ1v) is 8.51. The molecule has 0 radical (unpaired) electrons. The molecule has 4 rings (SSSR count). The molecule has 0 spiro atoms. The number of nitrogens with one attached hydrogen (secondary N) is 2. The SMILES string of the molecule is CCc1n[nH]c(CN2CCCC2c2nc(C(=O)NC3CC3)no2)n1. The van der Waals surface area contributed by atoms with Gasteiger partial charge < -0.3 is 9.84 Å². The Bertz CT molecular complexity index is 721. The van der Waals surface area contributed by atoms with Gasteiger partial charge in [-0.25, -0.2) is 4.98 Å². The van der Waals surface area contributed by atoms with Crippen LogP contribution >= 0.6 is 0 Å². The maximum absolute atomic E-state index is 12.0. The summed E-state index contributed by atoms with van der Waals surface area (Å²) in [5.74, 6) is 2.03. The van der Waals surface area contributed by atoms with Crippen molar-refractivity contribution in [3.63, 3.8) is 0 Å². The van der Waals surface area contributed by atoms with E-state index in [-0.39, 0.29) is 23.8 Å². The lowest BCUT2D eigenvalue weighted by molar-refractivity contribution is 0.0937. The Morgan fingerprint density at radius 1 is 1.38 bits per heavy atom. The maximum atomic E-state index is 12.0. The number of nitrogens with zero attached hydrogens (tertiary/aromatic N) is 5. The van der Waals surface area contributed by atoms with Gasteiger partial charge in [0.25, 0.3) is 11.7 Å². The standard InChI is InChI=1S/C15H21N7O2/c1-2-11-17-12(20-19-11)8-22-7-3-4-10(22)15-18-13(21-24-15)14(23)16-9-5-6-9/h9-10H,2-8H2,1H3,(H,16,23)(H,17,19,20). The summed E-state index contributed by atoms with van der Waals surface area (Å²) in [6.07, 6.45) is 4.85. The molecule has 3 heterocycles. The normalized spacial score (nSPS) is 21.3. The summed E-state index contributed by atoms with van der Waals surface area (Å²) in [6, 6.07) is 0.303. The zero-order chi connectivity index (χ0) is 16.5. The molecule has 1 aliphatic carbocycles. The minimum absolute atomic E-state index is 0.0233. The number of hydrogen-bond acceptors (Lipinski definition) is 7. The largest absolute Gasteiger partial charge is 0.346 e. The number of rotatable bonds is 6. The highest BCUT2D eigenvalue weighted by Crippen LogP contribution is 2.31. The molecule has 1 saturated carbocycles. The van der Waals surface area contributed by atoms with E-state index in [1.165, 1.54) is 0 Å². The lowest BCUT2D eigenvalue weighted by Gasteiger charge is -2.19.